The first kappa shape index (κ1) is 16.4. The van der Waals surface area contributed by atoms with Crippen LogP contribution in [0.2, 0.25) is 0 Å². The third kappa shape index (κ3) is 3.72. The summed E-state index contributed by atoms with van der Waals surface area (Å²) < 4.78 is 45.5. The molecule has 0 amide bonds. The summed E-state index contributed by atoms with van der Waals surface area (Å²) in [5, 5.41) is 0. The molecule has 0 heterocycles. The first-order chi connectivity index (χ1) is 10.8. The van der Waals surface area contributed by atoms with Gasteiger partial charge in [-0.15, -0.1) is 0 Å². The molecule has 0 aromatic heterocycles. The Hall–Kier alpha value is -1.47. The van der Waals surface area contributed by atoms with Gasteiger partial charge in [0.1, 0.15) is 5.82 Å². The van der Waals surface area contributed by atoms with Crippen molar-refractivity contribution in [3.8, 4) is 0 Å². The van der Waals surface area contributed by atoms with Gasteiger partial charge >= 0.3 is 5.97 Å². The predicted octanol–water partition coefficient (Wildman–Crippen LogP) is 2.08. The number of sulfonamides is 1. The number of hydrogen-bond acceptors (Lipinski definition) is 4. The Balaban J connectivity index is 1.68. The van der Waals surface area contributed by atoms with Crippen molar-refractivity contribution in [2.45, 2.75) is 38.1 Å². The first-order valence-electron chi connectivity index (χ1n) is 7.68. The number of methoxy groups -OCH3 is 1. The zero-order chi connectivity index (χ0) is 16.7. The fraction of sp³-hybridized carbons (Fsp3) is 0.562. The van der Waals surface area contributed by atoms with Crippen LogP contribution in [0, 0.1) is 11.2 Å². The molecule has 1 saturated carbocycles. The third-order valence-electron chi connectivity index (χ3n) is 4.70. The van der Waals surface area contributed by atoms with Gasteiger partial charge in [-0.25, -0.2) is 17.5 Å². The molecule has 126 valence electrons. The summed E-state index contributed by atoms with van der Waals surface area (Å²) in [5.41, 5.74) is 1.21. The van der Waals surface area contributed by atoms with Gasteiger partial charge < -0.3 is 4.74 Å². The lowest BCUT2D eigenvalue weighted by Gasteiger charge is -2.18. The standard InChI is InChI=1S/C16H20FNO4S/c1-22-15(19)9-16(6-7-16)10-23(20,21)18-14-5-2-11-8-12(17)3-4-13(11)14/h3-4,8,14,18H,2,5-7,9-10H2,1H3/t14-/m0/s1. The molecular weight excluding hydrogens is 321 g/mol. The van der Waals surface area contributed by atoms with E-state index in [2.05, 4.69) is 9.46 Å². The highest BCUT2D eigenvalue weighted by molar-refractivity contribution is 7.89. The van der Waals surface area contributed by atoms with Crippen molar-refractivity contribution in [3.63, 3.8) is 0 Å². The van der Waals surface area contributed by atoms with E-state index in [-0.39, 0.29) is 30.0 Å². The molecule has 0 radical (unpaired) electrons. The molecule has 1 N–H and O–H groups in total. The van der Waals surface area contributed by atoms with Crippen LogP contribution in [-0.2, 0) is 26.0 Å². The van der Waals surface area contributed by atoms with Crippen LogP contribution in [0.3, 0.4) is 0 Å². The second-order valence-corrected chi connectivity index (χ2v) is 8.32. The number of hydrogen-bond donors (Lipinski definition) is 1. The lowest BCUT2D eigenvalue weighted by molar-refractivity contribution is -0.141. The van der Waals surface area contributed by atoms with E-state index < -0.39 is 15.4 Å². The summed E-state index contributed by atoms with van der Waals surface area (Å²) in [6.45, 7) is 0. The van der Waals surface area contributed by atoms with E-state index in [0.29, 0.717) is 12.8 Å². The second kappa shape index (κ2) is 5.87. The summed E-state index contributed by atoms with van der Waals surface area (Å²) in [6.07, 6.45) is 2.86. The highest BCUT2D eigenvalue weighted by Gasteiger charge is 2.48. The molecule has 0 saturated heterocycles. The number of nitrogens with one attached hydrogen (secondary N) is 1. The molecule has 1 aromatic rings. The Bertz CT molecular complexity index is 728. The fourth-order valence-corrected chi connectivity index (χ4v) is 5.26. The number of fused-ring (bicyclic) bond motifs is 1. The van der Waals surface area contributed by atoms with E-state index in [1.54, 1.807) is 6.07 Å². The van der Waals surface area contributed by atoms with Crippen molar-refractivity contribution in [1.29, 1.82) is 0 Å². The van der Waals surface area contributed by atoms with E-state index in [4.69, 9.17) is 0 Å². The number of benzene rings is 1. The zero-order valence-corrected chi connectivity index (χ0v) is 13.8. The molecule has 1 aromatic carbocycles. The van der Waals surface area contributed by atoms with E-state index in [1.165, 1.54) is 19.2 Å². The Morgan fingerprint density at radius 3 is 2.83 bits per heavy atom. The fourth-order valence-electron chi connectivity index (χ4n) is 3.30. The van der Waals surface area contributed by atoms with Crippen molar-refractivity contribution in [2.24, 2.45) is 5.41 Å². The maximum absolute atomic E-state index is 13.2. The predicted molar refractivity (Wildman–Crippen MR) is 82.7 cm³/mol. The van der Waals surface area contributed by atoms with E-state index >= 15 is 0 Å². The second-order valence-electron chi connectivity index (χ2n) is 6.56. The van der Waals surface area contributed by atoms with E-state index in [9.17, 15) is 17.6 Å². The third-order valence-corrected chi connectivity index (χ3v) is 6.34. The van der Waals surface area contributed by atoms with Crippen LogP contribution >= 0.6 is 0 Å². The minimum absolute atomic E-state index is 0.0673. The van der Waals surface area contributed by atoms with Crippen LogP contribution in [0.15, 0.2) is 18.2 Å². The van der Waals surface area contributed by atoms with Crippen LogP contribution < -0.4 is 4.72 Å². The Labute approximate surface area is 135 Å². The molecule has 5 nitrogen and oxygen atoms in total. The molecule has 23 heavy (non-hydrogen) atoms. The molecule has 2 aliphatic rings. The molecule has 1 fully saturated rings. The van der Waals surface area contributed by atoms with Crippen molar-refractivity contribution in [3.05, 3.63) is 35.1 Å². The van der Waals surface area contributed by atoms with Crippen LogP contribution in [-0.4, -0.2) is 27.2 Å². The summed E-state index contributed by atoms with van der Waals surface area (Å²) in [6, 6.07) is 4.14. The van der Waals surface area contributed by atoms with Gasteiger partial charge in [0, 0.05) is 6.04 Å². The lowest BCUT2D eigenvalue weighted by Crippen LogP contribution is -2.33. The van der Waals surface area contributed by atoms with Gasteiger partial charge in [0.05, 0.1) is 19.3 Å². The minimum Gasteiger partial charge on any atom is -0.469 e. The van der Waals surface area contributed by atoms with Crippen molar-refractivity contribution >= 4 is 16.0 Å². The maximum Gasteiger partial charge on any atom is 0.306 e. The van der Waals surface area contributed by atoms with Crippen LogP contribution in [0.4, 0.5) is 4.39 Å². The first-order valence-corrected chi connectivity index (χ1v) is 9.33. The van der Waals surface area contributed by atoms with Crippen molar-refractivity contribution in [2.75, 3.05) is 12.9 Å². The highest BCUT2D eigenvalue weighted by Crippen LogP contribution is 2.50. The number of aryl methyl sites for hydroxylation is 1. The molecule has 0 bridgehead atoms. The summed E-state index contributed by atoms with van der Waals surface area (Å²) in [7, 11) is -2.21. The quantitative estimate of drug-likeness (QED) is 0.804. The molecule has 3 rings (SSSR count). The highest BCUT2D eigenvalue weighted by atomic mass is 32.2. The average Bonchev–Trinajstić information content (AvgIpc) is 3.10. The van der Waals surface area contributed by atoms with Gasteiger partial charge in [0.25, 0.3) is 0 Å². The number of carbonyl (C=O) groups excluding carboxylic acids is 1. The lowest BCUT2D eigenvalue weighted by atomic mass is 10.1. The Kier molecular flexibility index (Phi) is 4.18. The largest absolute Gasteiger partial charge is 0.469 e. The van der Waals surface area contributed by atoms with Crippen molar-refractivity contribution < 1.29 is 22.3 Å². The molecule has 0 unspecified atom stereocenters. The van der Waals surface area contributed by atoms with Gasteiger partial charge in [-0.1, -0.05) is 6.07 Å². The van der Waals surface area contributed by atoms with Gasteiger partial charge in [-0.3, -0.25) is 4.79 Å². The topological polar surface area (TPSA) is 72.5 Å². The molecule has 7 heteroatoms. The number of halogens is 1. The molecule has 1 atom stereocenters. The van der Waals surface area contributed by atoms with Gasteiger partial charge in [0.15, 0.2) is 0 Å². The van der Waals surface area contributed by atoms with Crippen LogP contribution in [0.25, 0.3) is 0 Å². The zero-order valence-electron chi connectivity index (χ0n) is 13.0. The molecule has 2 aliphatic carbocycles. The number of carbonyl (C=O) groups is 1. The van der Waals surface area contributed by atoms with Gasteiger partial charge in [-0.2, -0.15) is 0 Å². The monoisotopic (exact) mass is 341 g/mol. The molecule has 0 aliphatic heterocycles. The summed E-state index contributed by atoms with van der Waals surface area (Å²) >= 11 is 0. The Morgan fingerprint density at radius 2 is 2.17 bits per heavy atom. The van der Waals surface area contributed by atoms with E-state index in [1.807, 2.05) is 0 Å². The van der Waals surface area contributed by atoms with Crippen molar-refractivity contribution in [1.82, 2.24) is 4.72 Å². The number of ether oxygens (including phenoxy) is 1. The molecular formula is C16H20FNO4S. The number of esters is 1. The normalized spacial score (nSPS) is 21.7. The summed E-state index contributed by atoms with van der Waals surface area (Å²) in [4.78, 5) is 11.4. The minimum atomic E-state index is -3.52. The SMILES string of the molecule is COC(=O)CC1(CS(=O)(=O)N[C@H]2CCc3cc(F)ccc32)CC1. The smallest absolute Gasteiger partial charge is 0.306 e. The van der Waals surface area contributed by atoms with Crippen LogP contribution in [0.5, 0.6) is 0 Å². The Morgan fingerprint density at radius 1 is 1.43 bits per heavy atom. The average molecular weight is 341 g/mol. The molecule has 0 spiro atoms. The van der Waals surface area contributed by atoms with Crippen LogP contribution in [0.1, 0.15) is 42.9 Å². The van der Waals surface area contributed by atoms with Gasteiger partial charge in [-0.05, 0) is 54.4 Å². The van der Waals surface area contributed by atoms with Gasteiger partial charge in [0.2, 0.25) is 10.0 Å². The number of rotatable bonds is 6. The summed E-state index contributed by atoms with van der Waals surface area (Å²) in [5.74, 6) is -0.746. The van der Waals surface area contributed by atoms with E-state index in [0.717, 1.165) is 24.0 Å². The maximum atomic E-state index is 13.2.